The van der Waals surface area contributed by atoms with Crippen LogP contribution in [0, 0.1) is 11.8 Å². The highest BCUT2D eigenvalue weighted by Gasteiger charge is 2.28. The summed E-state index contributed by atoms with van der Waals surface area (Å²) in [5, 5.41) is 6.17. The van der Waals surface area contributed by atoms with Gasteiger partial charge in [0.05, 0.1) is 17.4 Å². The van der Waals surface area contributed by atoms with Crippen molar-refractivity contribution in [2.24, 2.45) is 18.9 Å². The molecule has 1 aromatic carbocycles. The highest BCUT2D eigenvalue weighted by Crippen LogP contribution is 2.21. The van der Waals surface area contributed by atoms with Crippen molar-refractivity contribution in [2.75, 3.05) is 18.4 Å². The number of carbonyl (C=O) groups is 1. The first-order valence-corrected chi connectivity index (χ1v) is 6.58. The molecule has 1 unspecified atom stereocenters. The third-order valence-corrected chi connectivity index (χ3v) is 3.93. The van der Waals surface area contributed by atoms with Crippen molar-refractivity contribution in [3.8, 4) is 0 Å². The predicted octanol–water partition coefficient (Wildman–Crippen LogP) is 2.21. The SMILES string of the molecule is CC(C(=O)Nc1ccc2c(c1)ncn2C)C1CNC1.Cl.Cl. The minimum Gasteiger partial charge on any atom is -0.334 e. The van der Waals surface area contributed by atoms with Crippen molar-refractivity contribution in [3.05, 3.63) is 24.5 Å². The average molecular weight is 331 g/mol. The molecule has 2 N–H and O–H groups in total. The fraction of sp³-hybridized carbons (Fsp3) is 0.429. The molecule has 0 saturated carbocycles. The van der Waals surface area contributed by atoms with Crippen LogP contribution in [0.15, 0.2) is 24.5 Å². The van der Waals surface area contributed by atoms with Gasteiger partial charge in [-0.3, -0.25) is 4.79 Å². The number of fused-ring (bicyclic) bond motifs is 1. The number of nitrogens with one attached hydrogen (secondary N) is 2. The molecule has 2 aromatic rings. The van der Waals surface area contributed by atoms with Gasteiger partial charge in [0.2, 0.25) is 5.91 Å². The van der Waals surface area contributed by atoms with Gasteiger partial charge in [0.15, 0.2) is 0 Å². The molecule has 0 spiro atoms. The number of halogens is 2. The zero-order valence-electron chi connectivity index (χ0n) is 12.0. The summed E-state index contributed by atoms with van der Waals surface area (Å²) in [7, 11) is 1.96. The largest absolute Gasteiger partial charge is 0.334 e. The van der Waals surface area contributed by atoms with Crippen molar-refractivity contribution in [3.63, 3.8) is 0 Å². The van der Waals surface area contributed by atoms with Crippen LogP contribution in [0.25, 0.3) is 11.0 Å². The van der Waals surface area contributed by atoms with Crippen LogP contribution < -0.4 is 10.6 Å². The Balaban J connectivity index is 0.00000110. The summed E-state index contributed by atoms with van der Waals surface area (Å²) in [5.74, 6) is 0.584. The molecule has 0 bridgehead atoms. The first kappa shape index (κ1) is 17.8. The lowest BCUT2D eigenvalue weighted by molar-refractivity contribution is -0.121. The molecule has 7 heteroatoms. The van der Waals surface area contributed by atoms with Crippen LogP contribution in [-0.4, -0.2) is 28.5 Å². The molecule has 1 fully saturated rings. The Morgan fingerprint density at radius 1 is 1.43 bits per heavy atom. The van der Waals surface area contributed by atoms with Gasteiger partial charge in [-0.1, -0.05) is 6.92 Å². The zero-order chi connectivity index (χ0) is 13.4. The molecule has 0 aliphatic carbocycles. The number of hydrogen-bond acceptors (Lipinski definition) is 3. The third kappa shape index (κ3) is 3.48. The van der Waals surface area contributed by atoms with Crippen molar-refractivity contribution in [1.82, 2.24) is 14.9 Å². The maximum atomic E-state index is 12.1. The summed E-state index contributed by atoms with van der Waals surface area (Å²) >= 11 is 0. The first-order valence-electron chi connectivity index (χ1n) is 6.58. The molecule has 1 atom stereocenters. The fourth-order valence-corrected chi connectivity index (χ4v) is 2.35. The van der Waals surface area contributed by atoms with Crippen LogP contribution in [0.2, 0.25) is 0 Å². The lowest BCUT2D eigenvalue weighted by Gasteiger charge is -2.31. The standard InChI is InChI=1S/C14H18N4O.2ClH/c1-9(10-6-15-7-10)14(19)17-11-3-4-13-12(5-11)16-8-18(13)2;;/h3-5,8-10,15H,6-7H2,1-2H3,(H,17,19);2*1H. The van der Waals surface area contributed by atoms with Gasteiger partial charge in [-0.05, 0) is 37.2 Å². The minimum atomic E-state index is 0. The monoisotopic (exact) mass is 330 g/mol. The topological polar surface area (TPSA) is 59.0 Å². The van der Waals surface area contributed by atoms with Gasteiger partial charge < -0.3 is 15.2 Å². The van der Waals surface area contributed by atoms with E-state index in [-0.39, 0.29) is 36.6 Å². The second-order valence-corrected chi connectivity index (χ2v) is 5.26. The number of imidazole rings is 1. The number of aryl methyl sites for hydroxylation is 1. The predicted molar refractivity (Wildman–Crippen MR) is 89.4 cm³/mol. The van der Waals surface area contributed by atoms with E-state index in [1.165, 1.54) is 0 Å². The molecule has 1 aliphatic rings. The second-order valence-electron chi connectivity index (χ2n) is 5.26. The molecule has 1 saturated heterocycles. The third-order valence-electron chi connectivity index (χ3n) is 3.93. The molecule has 21 heavy (non-hydrogen) atoms. The number of hydrogen-bond donors (Lipinski definition) is 2. The van der Waals surface area contributed by atoms with Gasteiger partial charge in [-0.15, -0.1) is 24.8 Å². The Kier molecular flexibility index (Phi) is 6.01. The van der Waals surface area contributed by atoms with E-state index >= 15 is 0 Å². The molecule has 5 nitrogen and oxygen atoms in total. The van der Waals surface area contributed by atoms with Gasteiger partial charge in [0, 0.05) is 18.7 Å². The van der Waals surface area contributed by atoms with Crippen LogP contribution >= 0.6 is 24.8 Å². The Morgan fingerprint density at radius 2 is 2.14 bits per heavy atom. The van der Waals surface area contributed by atoms with Gasteiger partial charge >= 0.3 is 0 Å². The van der Waals surface area contributed by atoms with Gasteiger partial charge in [0.25, 0.3) is 0 Å². The van der Waals surface area contributed by atoms with Gasteiger partial charge in [0.1, 0.15) is 0 Å². The summed E-state index contributed by atoms with van der Waals surface area (Å²) in [6.45, 7) is 3.86. The molecular formula is C14H20Cl2N4O. The summed E-state index contributed by atoms with van der Waals surface area (Å²) in [6, 6.07) is 5.82. The van der Waals surface area contributed by atoms with E-state index in [2.05, 4.69) is 15.6 Å². The highest BCUT2D eigenvalue weighted by molar-refractivity contribution is 5.94. The number of rotatable bonds is 3. The quantitative estimate of drug-likeness (QED) is 0.907. The number of benzene rings is 1. The summed E-state index contributed by atoms with van der Waals surface area (Å²) in [5.41, 5.74) is 2.78. The number of amides is 1. The average Bonchev–Trinajstić information content (AvgIpc) is 2.68. The summed E-state index contributed by atoms with van der Waals surface area (Å²) in [6.07, 6.45) is 1.78. The molecule has 2 heterocycles. The fourth-order valence-electron chi connectivity index (χ4n) is 2.35. The van der Waals surface area contributed by atoms with Crippen LogP contribution in [0.3, 0.4) is 0 Å². The van der Waals surface area contributed by atoms with Crippen LogP contribution in [-0.2, 0) is 11.8 Å². The number of aromatic nitrogens is 2. The van der Waals surface area contributed by atoms with E-state index in [0.29, 0.717) is 5.92 Å². The van der Waals surface area contributed by atoms with Crippen LogP contribution in [0.5, 0.6) is 0 Å². The highest BCUT2D eigenvalue weighted by atomic mass is 35.5. The second kappa shape index (κ2) is 7.11. The Morgan fingerprint density at radius 3 is 2.76 bits per heavy atom. The van der Waals surface area contributed by atoms with E-state index < -0.39 is 0 Å². The van der Waals surface area contributed by atoms with E-state index in [4.69, 9.17) is 0 Å². The molecule has 0 radical (unpaired) electrons. The van der Waals surface area contributed by atoms with E-state index in [1.807, 2.05) is 36.7 Å². The smallest absolute Gasteiger partial charge is 0.227 e. The molecular weight excluding hydrogens is 311 g/mol. The maximum absolute atomic E-state index is 12.1. The molecule has 1 aromatic heterocycles. The van der Waals surface area contributed by atoms with E-state index in [0.717, 1.165) is 29.8 Å². The van der Waals surface area contributed by atoms with Crippen molar-refractivity contribution >= 4 is 47.4 Å². The van der Waals surface area contributed by atoms with Crippen LogP contribution in [0.1, 0.15) is 6.92 Å². The minimum absolute atomic E-state index is 0. The first-order chi connectivity index (χ1) is 9.15. The molecule has 116 valence electrons. The number of nitrogens with zero attached hydrogens (tertiary/aromatic N) is 2. The molecule has 1 amide bonds. The van der Waals surface area contributed by atoms with Crippen molar-refractivity contribution < 1.29 is 4.79 Å². The van der Waals surface area contributed by atoms with Crippen molar-refractivity contribution in [2.45, 2.75) is 6.92 Å². The lowest BCUT2D eigenvalue weighted by atomic mass is 9.88. The summed E-state index contributed by atoms with van der Waals surface area (Å²) in [4.78, 5) is 16.4. The van der Waals surface area contributed by atoms with E-state index in [9.17, 15) is 4.79 Å². The Labute approximate surface area is 136 Å². The lowest BCUT2D eigenvalue weighted by Crippen LogP contribution is -2.48. The summed E-state index contributed by atoms with van der Waals surface area (Å²) < 4.78 is 1.96. The maximum Gasteiger partial charge on any atom is 0.227 e. The van der Waals surface area contributed by atoms with Crippen LogP contribution in [0.4, 0.5) is 5.69 Å². The zero-order valence-corrected chi connectivity index (χ0v) is 13.6. The Bertz CT molecular complexity index is 624. The Hall–Kier alpha value is -1.30. The normalized spacial score (nSPS) is 15.5. The molecule has 3 rings (SSSR count). The van der Waals surface area contributed by atoms with Gasteiger partial charge in [-0.2, -0.15) is 0 Å². The molecule has 1 aliphatic heterocycles. The van der Waals surface area contributed by atoms with E-state index in [1.54, 1.807) is 6.33 Å². The number of anilines is 1. The number of carbonyl (C=O) groups excluding carboxylic acids is 1. The van der Waals surface area contributed by atoms with Crippen molar-refractivity contribution in [1.29, 1.82) is 0 Å². The van der Waals surface area contributed by atoms with Gasteiger partial charge in [-0.25, -0.2) is 4.98 Å².